The quantitative estimate of drug-likeness (QED) is 0.892. The summed E-state index contributed by atoms with van der Waals surface area (Å²) in [7, 11) is 2.09. The second-order valence-corrected chi connectivity index (χ2v) is 6.19. The molecular formula is C15H17N3OS. The maximum atomic E-state index is 12.5. The van der Waals surface area contributed by atoms with Crippen LogP contribution in [-0.2, 0) is 13.0 Å². The predicted octanol–water partition coefficient (Wildman–Crippen LogP) is 2.57. The van der Waals surface area contributed by atoms with Crippen molar-refractivity contribution in [2.75, 3.05) is 24.6 Å². The highest BCUT2D eigenvalue weighted by Crippen LogP contribution is 2.35. The maximum absolute atomic E-state index is 12.5. The van der Waals surface area contributed by atoms with E-state index in [9.17, 15) is 4.79 Å². The monoisotopic (exact) mass is 287 g/mol. The van der Waals surface area contributed by atoms with Gasteiger partial charge in [-0.2, -0.15) is 0 Å². The Labute approximate surface area is 122 Å². The molecule has 0 saturated carbocycles. The van der Waals surface area contributed by atoms with Gasteiger partial charge in [0.2, 0.25) is 0 Å². The molecule has 0 spiro atoms. The van der Waals surface area contributed by atoms with Gasteiger partial charge in [-0.15, -0.1) is 11.3 Å². The van der Waals surface area contributed by atoms with Gasteiger partial charge in [0.1, 0.15) is 0 Å². The Morgan fingerprint density at radius 3 is 2.85 bits per heavy atom. The molecule has 20 heavy (non-hydrogen) atoms. The van der Waals surface area contributed by atoms with E-state index in [1.165, 1.54) is 16.2 Å². The summed E-state index contributed by atoms with van der Waals surface area (Å²) in [6, 6.07) is 9.47. The molecule has 1 aliphatic heterocycles. The largest absolute Gasteiger partial charge is 0.390 e. The van der Waals surface area contributed by atoms with Gasteiger partial charge < -0.3 is 16.0 Å². The summed E-state index contributed by atoms with van der Waals surface area (Å²) in [5.41, 5.74) is 8.65. The Morgan fingerprint density at radius 1 is 1.35 bits per heavy atom. The van der Waals surface area contributed by atoms with Crippen LogP contribution in [0.3, 0.4) is 0 Å². The van der Waals surface area contributed by atoms with Crippen LogP contribution in [0.4, 0.5) is 10.7 Å². The zero-order chi connectivity index (χ0) is 14.1. The number of nitrogen functional groups attached to an aromatic ring is 1. The van der Waals surface area contributed by atoms with Crippen LogP contribution in [0, 0.1) is 0 Å². The molecule has 0 radical (unpaired) electrons. The van der Waals surface area contributed by atoms with E-state index in [1.54, 1.807) is 0 Å². The Bertz CT molecular complexity index is 636. The van der Waals surface area contributed by atoms with Crippen molar-refractivity contribution >= 4 is 27.9 Å². The van der Waals surface area contributed by atoms with Crippen molar-refractivity contribution in [2.45, 2.75) is 13.0 Å². The molecule has 1 amide bonds. The lowest BCUT2D eigenvalue weighted by molar-refractivity contribution is 0.102. The molecule has 4 nitrogen and oxygen atoms in total. The SMILES string of the molecule is CN1CCc2c(sc(N)c2C(=O)Nc2ccccc2)C1. The smallest absolute Gasteiger partial charge is 0.258 e. The van der Waals surface area contributed by atoms with E-state index in [4.69, 9.17) is 5.73 Å². The van der Waals surface area contributed by atoms with Crippen LogP contribution >= 0.6 is 11.3 Å². The Morgan fingerprint density at radius 2 is 2.10 bits per heavy atom. The summed E-state index contributed by atoms with van der Waals surface area (Å²) in [6.07, 6.45) is 0.886. The van der Waals surface area contributed by atoms with E-state index in [1.807, 2.05) is 30.3 Å². The van der Waals surface area contributed by atoms with Crippen LogP contribution in [-0.4, -0.2) is 24.4 Å². The van der Waals surface area contributed by atoms with Gasteiger partial charge in [-0.05, 0) is 31.2 Å². The average Bonchev–Trinajstić information content (AvgIpc) is 2.74. The number of hydrogen-bond donors (Lipinski definition) is 2. The number of carbonyl (C=O) groups is 1. The lowest BCUT2D eigenvalue weighted by atomic mass is 10.0. The molecule has 0 atom stereocenters. The fraction of sp³-hybridized carbons (Fsp3) is 0.267. The van der Waals surface area contributed by atoms with Gasteiger partial charge in [0.25, 0.3) is 5.91 Å². The molecule has 0 fully saturated rings. The van der Waals surface area contributed by atoms with Crippen molar-refractivity contribution in [3.63, 3.8) is 0 Å². The number of fused-ring (bicyclic) bond motifs is 1. The third kappa shape index (κ3) is 2.42. The van der Waals surface area contributed by atoms with Crippen LogP contribution < -0.4 is 11.1 Å². The molecule has 1 aromatic carbocycles. The van der Waals surface area contributed by atoms with Gasteiger partial charge in [0.05, 0.1) is 10.6 Å². The van der Waals surface area contributed by atoms with Gasteiger partial charge in [-0.25, -0.2) is 0 Å². The summed E-state index contributed by atoms with van der Waals surface area (Å²) < 4.78 is 0. The number of anilines is 2. The van der Waals surface area contributed by atoms with Crippen molar-refractivity contribution in [3.05, 3.63) is 46.3 Å². The minimum atomic E-state index is -0.101. The van der Waals surface area contributed by atoms with Crippen LogP contribution in [0.2, 0.25) is 0 Å². The second-order valence-electron chi connectivity index (χ2n) is 5.05. The fourth-order valence-electron chi connectivity index (χ4n) is 2.52. The first-order chi connectivity index (χ1) is 9.65. The number of benzene rings is 1. The molecule has 2 aromatic rings. The topological polar surface area (TPSA) is 58.4 Å². The van der Waals surface area contributed by atoms with E-state index in [2.05, 4.69) is 17.3 Å². The normalized spacial score (nSPS) is 14.8. The van der Waals surface area contributed by atoms with E-state index >= 15 is 0 Å². The highest BCUT2D eigenvalue weighted by atomic mass is 32.1. The van der Waals surface area contributed by atoms with Crippen LogP contribution in [0.25, 0.3) is 0 Å². The Hall–Kier alpha value is -1.85. The Kier molecular flexibility index (Phi) is 3.46. The molecule has 0 saturated heterocycles. The number of likely N-dealkylation sites (N-methyl/N-ethyl adjacent to an activating group) is 1. The first-order valence-electron chi connectivity index (χ1n) is 6.60. The van der Waals surface area contributed by atoms with E-state index in [-0.39, 0.29) is 5.91 Å². The standard InChI is InChI=1S/C15H17N3OS/c1-18-8-7-11-12(9-18)20-14(16)13(11)15(19)17-10-5-3-2-4-6-10/h2-6H,7-9,16H2,1H3,(H,17,19). The molecule has 1 aliphatic rings. The molecule has 5 heteroatoms. The van der Waals surface area contributed by atoms with Crippen LogP contribution in [0.5, 0.6) is 0 Å². The second kappa shape index (κ2) is 5.26. The number of hydrogen-bond acceptors (Lipinski definition) is 4. The average molecular weight is 287 g/mol. The fourth-order valence-corrected chi connectivity index (χ4v) is 3.71. The van der Waals surface area contributed by atoms with Crippen LogP contribution in [0.1, 0.15) is 20.8 Å². The molecule has 3 N–H and O–H groups in total. The van der Waals surface area contributed by atoms with E-state index in [0.29, 0.717) is 10.6 Å². The number of rotatable bonds is 2. The molecule has 104 valence electrons. The van der Waals surface area contributed by atoms with Gasteiger partial charge in [-0.3, -0.25) is 4.79 Å². The van der Waals surface area contributed by atoms with Crippen LogP contribution in [0.15, 0.2) is 30.3 Å². The summed E-state index contributed by atoms with van der Waals surface area (Å²) in [5.74, 6) is -0.101. The van der Waals surface area contributed by atoms with Crippen molar-refractivity contribution in [1.29, 1.82) is 0 Å². The van der Waals surface area contributed by atoms with Crippen molar-refractivity contribution < 1.29 is 4.79 Å². The van der Waals surface area contributed by atoms with Gasteiger partial charge in [0.15, 0.2) is 0 Å². The first kappa shape index (κ1) is 13.1. The van der Waals surface area contributed by atoms with Gasteiger partial charge in [-0.1, -0.05) is 18.2 Å². The lowest BCUT2D eigenvalue weighted by Gasteiger charge is -2.22. The number of nitrogens with zero attached hydrogens (tertiary/aromatic N) is 1. The number of carbonyl (C=O) groups excluding carboxylic acids is 1. The number of para-hydroxylation sites is 1. The lowest BCUT2D eigenvalue weighted by Crippen LogP contribution is -2.27. The minimum absolute atomic E-state index is 0.101. The molecular weight excluding hydrogens is 270 g/mol. The molecule has 2 heterocycles. The third-order valence-electron chi connectivity index (χ3n) is 3.53. The number of thiophene rings is 1. The van der Waals surface area contributed by atoms with Crippen molar-refractivity contribution in [1.82, 2.24) is 4.90 Å². The first-order valence-corrected chi connectivity index (χ1v) is 7.42. The number of amides is 1. The third-order valence-corrected chi connectivity index (χ3v) is 4.58. The predicted molar refractivity (Wildman–Crippen MR) is 83.2 cm³/mol. The molecule has 0 bridgehead atoms. The molecule has 3 rings (SSSR count). The van der Waals surface area contributed by atoms with Gasteiger partial charge in [0, 0.05) is 23.7 Å². The number of nitrogens with one attached hydrogen (secondary N) is 1. The number of nitrogens with two attached hydrogens (primary N) is 1. The summed E-state index contributed by atoms with van der Waals surface area (Å²) in [5, 5.41) is 3.54. The minimum Gasteiger partial charge on any atom is -0.390 e. The van der Waals surface area contributed by atoms with Gasteiger partial charge >= 0.3 is 0 Å². The van der Waals surface area contributed by atoms with E-state index < -0.39 is 0 Å². The summed E-state index contributed by atoms with van der Waals surface area (Å²) in [6.45, 7) is 1.84. The zero-order valence-electron chi connectivity index (χ0n) is 11.3. The zero-order valence-corrected chi connectivity index (χ0v) is 12.2. The summed E-state index contributed by atoms with van der Waals surface area (Å²) >= 11 is 1.53. The Balaban J connectivity index is 1.89. The van der Waals surface area contributed by atoms with Crippen molar-refractivity contribution in [3.8, 4) is 0 Å². The maximum Gasteiger partial charge on any atom is 0.258 e. The molecule has 1 aromatic heterocycles. The highest BCUT2D eigenvalue weighted by molar-refractivity contribution is 7.16. The molecule has 0 unspecified atom stereocenters. The highest BCUT2D eigenvalue weighted by Gasteiger charge is 2.25. The molecule has 0 aliphatic carbocycles. The van der Waals surface area contributed by atoms with Crippen molar-refractivity contribution in [2.24, 2.45) is 0 Å². The summed E-state index contributed by atoms with van der Waals surface area (Å²) in [4.78, 5) is 15.9. The van der Waals surface area contributed by atoms with E-state index in [0.717, 1.165) is 30.8 Å².